The van der Waals surface area contributed by atoms with Crippen LogP contribution in [-0.4, -0.2) is 41.2 Å². The molecule has 0 atom stereocenters. The van der Waals surface area contributed by atoms with E-state index >= 15 is 0 Å². The smallest absolute Gasteiger partial charge is 0.449 e. The normalized spacial score (nSPS) is 13.7. The van der Waals surface area contributed by atoms with Crippen LogP contribution in [0.1, 0.15) is 35.8 Å². The summed E-state index contributed by atoms with van der Waals surface area (Å²) >= 11 is 0. The van der Waals surface area contributed by atoms with E-state index in [1.54, 1.807) is 36.5 Å². The molecule has 0 unspecified atom stereocenters. The lowest BCUT2D eigenvalue weighted by atomic mass is 10.1. The van der Waals surface area contributed by atoms with Gasteiger partial charge in [0.05, 0.1) is 25.0 Å². The number of ether oxygens (including phenoxy) is 1. The van der Waals surface area contributed by atoms with Gasteiger partial charge in [-0.05, 0) is 24.5 Å². The minimum Gasteiger partial charge on any atom is -0.480 e. The van der Waals surface area contributed by atoms with Crippen LogP contribution >= 0.6 is 0 Å². The van der Waals surface area contributed by atoms with Gasteiger partial charge in [-0.15, -0.1) is 0 Å². The maximum Gasteiger partial charge on any atom is 0.449 e. The number of imidazole rings is 1. The second-order valence-electron chi connectivity index (χ2n) is 9.40. The second-order valence-corrected chi connectivity index (χ2v) is 9.40. The number of aromatic nitrogens is 7. The Morgan fingerprint density at radius 2 is 1.79 bits per heavy atom. The summed E-state index contributed by atoms with van der Waals surface area (Å²) in [5.41, 5.74) is 3.12. The molecule has 4 heterocycles. The number of rotatable bonds is 6. The molecule has 1 aliphatic carbocycles. The van der Waals surface area contributed by atoms with Gasteiger partial charge in [-0.1, -0.05) is 24.3 Å². The summed E-state index contributed by atoms with van der Waals surface area (Å²) in [5, 5.41) is 0.673. The van der Waals surface area contributed by atoms with Gasteiger partial charge in [-0.25, -0.2) is 24.9 Å². The van der Waals surface area contributed by atoms with Crippen molar-refractivity contribution in [2.75, 3.05) is 7.11 Å². The average Bonchev–Trinajstić information content (AvgIpc) is 3.70. The zero-order valence-electron chi connectivity index (χ0n) is 21.0. The van der Waals surface area contributed by atoms with Gasteiger partial charge in [0.15, 0.2) is 5.82 Å². The molecule has 39 heavy (non-hydrogen) atoms. The number of fused-ring (bicyclic) bond motifs is 1. The van der Waals surface area contributed by atoms with E-state index in [9.17, 15) is 18.0 Å². The summed E-state index contributed by atoms with van der Waals surface area (Å²) in [5.74, 6) is 0.0608. The van der Waals surface area contributed by atoms with Crippen LogP contribution in [0, 0.1) is 0 Å². The predicted molar refractivity (Wildman–Crippen MR) is 136 cm³/mol. The number of methoxy groups -OCH3 is 1. The first-order valence-electron chi connectivity index (χ1n) is 12.2. The van der Waals surface area contributed by atoms with E-state index < -0.39 is 12.0 Å². The Morgan fingerprint density at radius 3 is 2.46 bits per heavy atom. The molecule has 1 fully saturated rings. The molecule has 0 amide bonds. The molecule has 198 valence electrons. The van der Waals surface area contributed by atoms with E-state index in [0.717, 1.165) is 28.7 Å². The standard InChI is InChI=1S/C27H22F3N7O2/c1-36-13-19(34-26(36)27(28,29)30)16-5-3-15(4-6-16)12-37-20(38)10-9-18-11-31-23(35-24(18)37)21-22(17-7-8-17)32-14-33-25(21)39-2/h3-6,9-11,13-14,17H,7-8,12H2,1-2H3. The van der Waals surface area contributed by atoms with Crippen molar-refractivity contribution in [3.63, 3.8) is 0 Å². The summed E-state index contributed by atoms with van der Waals surface area (Å²) in [6.07, 6.45) is 1.93. The lowest BCUT2D eigenvalue weighted by molar-refractivity contribution is -0.146. The zero-order valence-corrected chi connectivity index (χ0v) is 21.0. The molecule has 9 nitrogen and oxygen atoms in total. The van der Waals surface area contributed by atoms with Crippen LogP contribution < -0.4 is 10.3 Å². The largest absolute Gasteiger partial charge is 0.480 e. The van der Waals surface area contributed by atoms with Crippen molar-refractivity contribution in [2.24, 2.45) is 7.05 Å². The Labute approximate surface area is 220 Å². The van der Waals surface area contributed by atoms with Gasteiger partial charge in [0.1, 0.15) is 17.5 Å². The SMILES string of the molecule is COc1ncnc(C2CC2)c1-c1ncc2ccc(=O)n(Cc3ccc(-c4cn(C)c(C(F)(F)F)n4)cc3)c2n1. The second kappa shape index (κ2) is 9.29. The molecule has 0 aliphatic heterocycles. The first-order chi connectivity index (χ1) is 18.7. The Morgan fingerprint density at radius 1 is 1.03 bits per heavy atom. The van der Waals surface area contributed by atoms with E-state index in [1.165, 1.54) is 37.3 Å². The fourth-order valence-electron chi connectivity index (χ4n) is 4.59. The number of hydrogen-bond acceptors (Lipinski definition) is 7. The molecule has 12 heteroatoms. The molecule has 6 rings (SSSR count). The third-order valence-electron chi connectivity index (χ3n) is 6.67. The van der Waals surface area contributed by atoms with E-state index in [4.69, 9.17) is 9.72 Å². The van der Waals surface area contributed by atoms with Gasteiger partial charge < -0.3 is 9.30 Å². The quantitative estimate of drug-likeness (QED) is 0.314. The topological polar surface area (TPSA) is 101 Å². The van der Waals surface area contributed by atoms with Crippen LogP contribution in [-0.2, 0) is 19.8 Å². The average molecular weight is 534 g/mol. The predicted octanol–water partition coefficient (Wildman–Crippen LogP) is 4.60. The lowest BCUT2D eigenvalue weighted by Gasteiger charge is -2.13. The fraction of sp³-hybridized carbons (Fsp3) is 0.259. The summed E-state index contributed by atoms with van der Waals surface area (Å²) in [7, 11) is 2.83. The number of alkyl halides is 3. The van der Waals surface area contributed by atoms with Crippen LogP contribution in [0.25, 0.3) is 33.7 Å². The van der Waals surface area contributed by atoms with Crippen molar-refractivity contribution in [2.45, 2.75) is 31.5 Å². The molecule has 0 spiro atoms. The monoisotopic (exact) mass is 533 g/mol. The van der Waals surface area contributed by atoms with Gasteiger partial charge >= 0.3 is 6.18 Å². The summed E-state index contributed by atoms with van der Waals surface area (Å²) < 4.78 is 47.4. The number of hydrogen-bond donors (Lipinski definition) is 0. The Balaban J connectivity index is 1.37. The zero-order chi connectivity index (χ0) is 27.3. The van der Waals surface area contributed by atoms with Crippen molar-refractivity contribution in [3.8, 4) is 28.5 Å². The molecule has 1 saturated carbocycles. The van der Waals surface area contributed by atoms with Crippen molar-refractivity contribution in [3.05, 3.63) is 82.6 Å². The number of pyridine rings is 1. The van der Waals surface area contributed by atoms with E-state index in [2.05, 4.69) is 19.9 Å². The van der Waals surface area contributed by atoms with Gasteiger partial charge in [-0.2, -0.15) is 13.2 Å². The molecule has 0 saturated heterocycles. The maximum absolute atomic E-state index is 13.2. The van der Waals surface area contributed by atoms with Crippen molar-refractivity contribution in [1.82, 2.24) is 34.1 Å². The minimum atomic E-state index is -4.54. The number of aryl methyl sites for hydroxylation is 1. The van der Waals surface area contributed by atoms with Crippen molar-refractivity contribution in [1.29, 1.82) is 0 Å². The summed E-state index contributed by atoms with van der Waals surface area (Å²) in [4.78, 5) is 34.7. The summed E-state index contributed by atoms with van der Waals surface area (Å²) in [6, 6.07) is 9.99. The fourth-order valence-corrected chi connectivity index (χ4v) is 4.59. The third kappa shape index (κ3) is 4.62. The Kier molecular flexibility index (Phi) is 5.89. The van der Waals surface area contributed by atoms with E-state index in [-0.39, 0.29) is 17.8 Å². The molecule has 0 bridgehead atoms. The molecule has 0 radical (unpaired) electrons. The van der Waals surface area contributed by atoms with Gasteiger partial charge in [0.2, 0.25) is 11.7 Å². The number of nitrogens with zero attached hydrogens (tertiary/aromatic N) is 7. The molecular formula is C27H22F3N7O2. The Bertz CT molecular complexity index is 1760. The van der Waals surface area contributed by atoms with Crippen LogP contribution in [0.3, 0.4) is 0 Å². The highest BCUT2D eigenvalue weighted by Crippen LogP contribution is 2.44. The number of benzene rings is 1. The van der Waals surface area contributed by atoms with Gasteiger partial charge in [0.25, 0.3) is 5.56 Å². The highest BCUT2D eigenvalue weighted by atomic mass is 19.4. The molecule has 1 aromatic carbocycles. The highest BCUT2D eigenvalue weighted by molar-refractivity contribution is 5.78. The lowest BCUT2D eigenvalue weighted by Crippen LogP contribution is -2.21. The van der Waals surface area contributed by atoms with Crippen LogP contribution in [0.4, 0.5) is 13.2 Å². The van der Waals surface area contributed by atoms with E-state index in [1.807, 2.05) is 0 Å². The van der Waals surface area contributed by atoms with Crippen LogP contribution in [0.2, 0.25) is 0 Å². The molecule has 1 aliphatic rings. The molecular weight excluding hydrogens is 511 g/mol. The summed E-state index contributed by atoms with van der Waals surface area (Å²) in [6.45, 7) is 0.195. The Hall–Kier alpha value is -4.61. The third-order valence-corrected chi connectivity index (χ3v) is 6.67. The van der Waals surface area contributed by atoms with Crippen LogP contribution in [0.5, 0.6) is 5.88 Å². The van der Waals surface area contributed by atoms with Crippen molar-refractivity contribution >= 4 is 11.0 Å². The first kappa shape index (κ1) is 24.7. The minimum absolute atomic E-state index is 0.195. The van der Waals surface area contributed by atoms with E-state index in [0.29, 0.717) is 39.8 Å². The van der Waals surface area contributed by atoms with Gasteiger partial charge in [0, 0.05) is 42.4 Å². The van der Waals surface area contributed by atoms with Gasteiger partial charge in [-0.3, -0.25) is 9.36 Å². The molecule has 4 aromatic heterocycles. The van der Waals surface area contributed by atoms with Crippen molar-refractivity contribution < 1.29 is 17.9 Å². The maximum atomic E-state index is 13.2. The molecule has 5 aromatic rings. The highest BCUT2D eigenvalue weighted by Gasteiger charge is 2.36. The number of halogens is 3. The van der Waals surface area contributed by atoms with Crippen LogP contribution in [0.15, 0.2) is 59.9 Å². The molecule has 0 N–H and O–H groups in total. The first-order valence-corrected chi connectivity index (χ1v) is 12.2.